The van der Waals surface area contributed by atoms with Gasteiger partial charge in [0.1, 0.15) is 11.2 Å². The Morgan fingerprint density at radius 3 is 2.84 bits per heavy atom. The molecule has 1 heterocycles. The number of likely N-dealkylation sites (tertiary alicyclic amines) is 1. The first-order valence-electron chi connectivity index (χ1n) is 8.39. The minimum atomic E-state index is -1.26. The summed E-state index contributed by atoms with van der Waals surface area (Å²) in [7, 11) is 1.59. The number of hydrogen-bond acceptors (Lipinski definition) is 5. The van der Waals surface area contributed by atoms with E-state index in [1.165, 1.54) is 11.8 Å². The van der Waals surface area contributed by atoms with Gasteiger partial charge in [-0.1, -0.05) is 19.4 Å². The summed E-state index contributed by atoms with van der Waals surface area (Å²) in [6.45, 7) is 2.34. The van der Waals surface area contributed by atoms with E-state index < -0.39 is 17.5 Å². The Bertz CT molecular complexity index is 623. The van der Waals surface area contributed by atoms with Gasteiger partial charge < -0.3 is 19.8 Å². The van der Waals surface area contributed by atoms with E-state index in [1.807, 2.05) is 31.2 Å². The van der Waals surface area contributed by atoms with Gasteiger partial charge in [0.15, 0.2) is 0 Å². The molecule has 0 bridgehead atoms. The first-order valence-corrected chi connectivity index (χ1v) is 9.37. The molecular weight excluding hydrogens is 342 g/mol. The summed E-state index contributed by atoms with van der Waals surface area (Å²) in [4.78, 5) is 26.8. The molecule has 138 valence electrons. The number of rotatable bonds is 7. The lowest BCUT2D eigenvalue weighted by atomic mass is 9.74. The van der Waals surface area contributed by atoms with Crippen LogP contribution in [0.4, 0.5) is 0 Å². The van der Waals surface area contributed by atoms with E-state index in [1.54, 1.807) is 12.0 Å². The molecule has 0 aromatic heterocycles. The topological polar surface area (TPSA) is 87.1 Å². The van der Waals surface area contributed by atoms with Crippen LogP contribution in [0.15, 0.2) is 29.2 Å². The van der Waals surface area contributed by atoms with Gasteiger partial charge in [0.05, 0.1) is 19.0 Å². The van der Waals surface area contributed by atoms with Gasteiger partial charge in [0, 0.05) is 18.0 Å². The third-order valence-corrected chi connectivity index (χ3v) is 5.64. The largest absolute Gasteiger partial charge is 0.497 e. The highest BCUT2D eigenvalue weighted by molar-refractivity contribution is 8.00. The van der Waals surface area contributed by atoms with Crippen molar-refractivity contribution in [2.75, 3.05) is 26.0 Å². The number of piperidine rings is 1. The number of benzene rings is 1. The average Bonchev–Trinajstić information content (AvgIpc) is 2.61. The van der Waals surface area contributed by atoms with E-state index in [2.05, 4.69) is 0 Å². The Balaban J connectivity index is 2.02. The van der Waals surface area contributed by atoms with E-state index >= 15 is 0 Å². The van der Waals surface area contributed by atoms with Gasteiger partial charge in [0.2, 0.25) is 5.91 Å². The van der Waals surface area contributed by atoms with Crippen molar-refractivity contribution in [1.82, 2.24) is 4.90 Å². The number of aliphatic hydroxyl groups is 1. The maximum Gasteiger partial charge on any atom is 0.314 e. The number of aliphatic hydroxyl groups excluding tert-OH is 1. The maximum absolute atomic E-state index is 12.5. The number of thioether (sulfide) groups is 1. The Hall–Kier alpha value is -1.73. The smallest absolute Gasteiger partial charge is 0.314 e. The molecule has 2 rings (SSSR count). The second kappa shape index (κ2) is 8.58. The van der Waals surface area contributed by atoms with Crippen molar-refractivity contribution in [2.24, 2.45) is 5.41 Å². The molecule has 25 heavy (non-hydrogen) atoms. The first-order chi connectivity index (χ1) is 11.9. The van der Waals surface area contributed by atoms with Crippen LogP contribution in [0.25, 0.3) is 0 Å². The van der Waals surface area contributed by atoms with Gasteiger partial charge >= 0.3 is 5.97 Å². The predicted octanol–water partition coefficient (Wildman–Crippen LogP) is 2.25. The van der Waals surface area contributed by atoms with Gasteiger partial charge in [-0.05, 0) is 31.0 Å². The van der Waals surface area contributed by atoms with Gasteiger partial charge in [-0.3, -0.25) is 9.59 Å². The van der Waals surface area contributed by atoms with Crippen LogP contribution >= 0.6 is 11.8 Å². The van der Waals surface area contributed by atoms with Gasteiger partial charge in [-0.2, -0.15) is 0 Å². The molecule has 1 aliphatic rings. The number of nitrogens with zero attached hydrogens (tertiary/aromatic N) is 1. The highest BCUT2D eigenvalue weighted by Gasteiger charge is 2.49. The van der Waals surface area contributed by atoms with Crippen LogP contribution in [0.5, 0.6) is 5.75 Å². The molecule has 0 radical (unpaired) electrons. The third-order valence-electron chi connectivity index (χ3n) is 4.66. The van der Waals surface area contributed by atoms with E-state index in [4.69, 9.17) is 4.74 Å². The van der Waals surface area contributed by atoms with Gasteiger partial charge in [0.25, 0.3) is 0 Å². The van der Waals surface area contributed by atoms with Crippen molar-refractivity contribution in [3.63, 3.8) is 0 Å². The van der Waals surface area contributed by atoms with Crippen LogP contribution in [0.2, 0.25) is 0 Å². The lowest BCUT2D eigenvalue weighted by Crippen LogP contribution is -2.57. The molecule has 1 aliphatic heterocycles. The Morgan fingerprint density at radius 1 is 1.44 bits per heavy atom. The number of methoxy groups -OCH3 is 1. The molecular formula is C18H25NO5S. The molecule has 0 unspecified atom stereocenters. The van der Waals surface area contributed by atoms with Crippen molar-refractivity contribution in [2.45, 2.75) is 37.2 Å². The fourth-order valence-corrected chi connectivity index (χ4v) is 4.08. The number of carbonyl (C=O) groups is 2. The van der Waals surface area contributed by atoms with Gasteiger partial charge in [-0.15, -0.1) is 11.8 Å². The van der Waals surface area contributed by atoms with Crippen molar-refractivity contribution >= 4 is 23.6 Å². The molecule has 0 aliphatic carbocycles. The van der Waals surface area contributed by atoms with E-state index in [9.17, 15) is 19.8 Å². The van der Waals surface area contributed by atoms with E-state index in [0.29, 0.717) is 25.8 Å². The number of hydrogen-bond donors (Lipinski definition) is 2. The van der Waals surface area contributed by atoms with Crippen molar-refractivity contribution in [1.29, 1.82) is 0 Å². The molecule has 1 fully saturated rings. The summed E-state index contributed by atoms with van der Waals surface area (Å²) >= 11 is 1.39. The van der Waals surface area contributed by atoms with Crippen LogP contribution < -0.4 is 4.74 Å². The predicted molar refractivity (Wildman–Crippen MR) is 95.9 cm³/mol. The molecule has 2 atom stereocenters. The summed E-state index contributed by atoms with van der Waals surface area (Å²) in [6.07, 6.45) is 0.377. The van der Waals surface area contributed by atoms with Crippen molar-refractivity contribution in [3.8, 4) is 5.75 Å². The van der Waals surface area contributed by atoms with Crippen molar-refractivity contribution in [3.05, 3.63) is 24.3 Å². The minimum Gasteiger partial charge on any atom is -0.497 e. The van der Waals surface area contributed by atoms with E-state index in [0.717, 1.165) is 10.6 Å². The Morgan fingerprint density at radius 2 is 2.20 bits per heavy atom. The van der Waals surface area contributed by atoms with Crippen LogP contribution in [-0.2, 0) is 9.59 Å². The Labute approximate surface area is 152 Å². The summed E-state index contributed by atoms with van der Waals surface area (Å²) in [5, 5.41) is 19.9. The molecule has 2 N–H and O–H groups in total. The van der Waals surface area contributed by atoms with Gasteiger partial charge in [-0.25, -0.2) is 0 Å². The summed E-state index contributed by atoms with van der Waals surface area (Å²) in [5.41, 5.74) is -1.26. The fourth-order valence-electron chi connectivity index (χ4n) is 3.23. The molecule has 1 aromatic rings. The second-order valence-electron chi connectivity index (χ2n) is 6.30. The molecule has 1 amide bonds. The number of amides is 1. The van der Waals surface area contributed by atoms with Crippen LogP contribution in [0.3, 0.4) is 0 Å². The standard InChI is InChI=1S/C18H25NO5S/c1-3-8-18(17(22)23)12-19(9-7-15(18)20)16(21)11-25-14-6-4-5-13(10-14)24-2/h4-6,10,15,20H,3,7-9,11-12H2,1-2H3,(H,22,23)/t15-,18+/m0/s1. The third kappa shape index (κ3) is 4.46. The summed E-state index contributed by atoms with van der Waals surface area (Å²) in [5.74, 6) is -0.182. The van der Waals surface area contributed by atoms with Crippen LogP contribution in [-0.4, -0.2) is 59.0 Å². The monoisotopic (exact) mass is 367 g/mol. The molecule has 6 nitrogen and oxygen atoms in total. The molecule has 1 saturated heterocycles. The quantitative estimate of drug-likeness (QED) is 0.719. The first kappa shape index (κ1) is 19.6. The lowest BCUT2D eigenvalue weighted by Gasteiger charge is -2.43. The number of aliphatic carboxylic acids is 1. The average molecular weight is 367 g/mol. The Kier molecular flexibility index (Phi) is 6.72. The maximum atomic E-state index is 12.5. The number of carbonyl (C=O) groups excluding carboxylic acids is 1. The molecule has 1 aromatic carbocycles. The van der Waals surface area contributed by atoms with Crippen LogP contribution in [0.1, 0.15) is 26.2 Å². The molecule has 0 spiro atoms. The molecule has 0 saturated carbocycles. The number of carboxylic acid groups (broad SMARTS) is 1. The highest BCUT2D eigenvalue weighted by Crippen LogP contribution is 2.36. The SMILES string of the molecule is CCC[C@@]1(C(=O)O)CN(C(=O)CSc2cccc(OC)c2)CC[C@@H]1O. The normalized spacial score (nSPS) is 23.3. The number of ether oxygens (including phenoxy) is 1. The second-order valence-corrected chi connectivity index (χ2v) is 7.35. The lowest BCUT2D eigenvalue weighted by molar-refractivity contribution is -0.166. The minimum absolute atomic E-state index is 0.0643. The fraction of sp³-hybridized carbons (Fsp3) is 0.556. The van der Waals surface area contributed by atoms with Crippen LogP contribution in [0, 0.1) is 5.41 Å². The molecule has 7 heteroatoms. The summed E-state index contributed by atoms with van der Waals surface area (Å²) < 4.78 is 5.17. The summed E-state index contributed by atoms with van der Waals surface area (Å²) in [6, 6.07) is 7.46. The highest BCUT2D eigenvalue weighted by atomic mass is 32.2. The zero-order chi connectivity index (χ0) is 18.4. The number of carboxylic acids is 1. The van der Waals surface area contributed by atoms with Crippen molar-refractivity contribution < 1.29 is 24.5 Å². The zero-order valence-corrected chi connectivity index (χ0v) is 15.4. The van der Waals surface area contributed by atoms with E-state index in [-0.39, 0.29) is 18.2 Å². The zero-order valence-electron chi connectivity index (χ0n) is 14.6.